The highest BCUT2D eigenvalue weighted by atomic mass is 16.1. The van der Waals surface area contributed by atoms with Gasteiger partial charge >= 0.3 is 0 Å². The third-order valence-corrected chi connectivity index (χ3v) is 3.86. The van der Waals surface area contributed by atoms with Crippen molar-refractivity contribution in [1.82, 2.24) is 24.4 Å². The first kappa shape index (κ1) is 13.3. The Balaban J connectivity index is 1.98. The Bertz CT molecular complexity index is 1140. The van der Waals surface area contributed by atoms with Crippen LogP contribution in [-0.2, 0) is 6.54 Å². The van der Waals surface area contributed by atoms with Gasteiger partial charge in [-0.05, 0) is 13.0 Å². The van der Waals surface area contributed by atoms with Gasteiger partial charge < -0.3 is 0 Å². The van der Waals surface area contributed by atoms with Gasteiger partial charge in [0.05, 0.1) is 17.4 Å². The van der Waals surface area contributed by atoms with Gasteiger partial charge in [-0.3, -0.25) is 14.6 Å². The van der Waals surface area contributed by atoms with Crippen LogP contribution in [-0.4, -0.2) is 24.4 Å². The molecule has 1 N–H and O–H groups in total. The van der Waals surface area contributed by atoms with Crippen LogP contribution in [0.4, 0.5) is 0 Å². The number of aromatic amines is 1. The number of hydrogen-bond acceptors (Lipinski definition) is 4. The Labute approximate surface area is 130 Å². The number of nitrogens with one attached hydrogen (secondary N) is 1. The fourth-order valence-electron chi connectivity index (χ4n) is 2.69. The first-order valence-electron chi connectivity index (χ1n) is 7.18. The number of nitriles is 1. The number of hydrogen-bond donors (Lipinski definition) is 1. The van der Waals surface area contributed by atoms with Gasteiger partial charge in [-0.15, -0.1) is 0 Å². The largest absolute Gasteiger partial charge is 0.295 e. The Morgan fingerprint density at radius 2 is 2.22 bits per heavy atom. The van der Waals surface area contributed by atoms with Crippen LogP contribution >= 0.6 is 0 Å². The highest BCUT2D eigenvalue weighted by molar-refractivity contribution is 5.84. The van der Waals surface area contributed by atoms with Crippen molar-refractivity contribution < 1.29 is 0 Å². The molecule has 1 aromatic carbocycles. The molecule has 0 bridgehead atoms. The Hall–Kier alpha value is -3.40. The standard InChI is InChI=1S/C16H12N6O/c1-2-21-14-5-10(3-4-11(14)8-18-21)13-6-15(23)22-16(20-13)12(7-17)9-19-22/h3-6,8-9,19H,2H2,1H3. The van der Waals surface area contributed by atoms with Crippen molar-refractivity contribution in [3.63, 3.8) is 0 Å². The highest BCUT2D eigenvalue weighted by Crippen LogP contribution is 2.23. The smallest absolute Gasteiger partial charge is 0.273 e. The lowest BCUT2D eigenvalue weighted by Crippen LogP contribution is -2.14. The maximum atomic E-state index is 12.2. The zero-order valence-electron chi connectivity index (χ0n) is 12.3. The van der Waals surface area contributed by atoms with Crippen LogP contribution in [0.25, 0.3) is 27.8 Å². The molecule has 0 spiro atoms. The van der Waals surface area contributed by atoms with E-state index in [0.29, 0.717) is 16.9 Å². The summed E-state index contributed by atoms with van der Waals surface area (Å²) >= 11 is 0. The van der Waals surface area contributed by atoms with Gasteiger partial charge in [-0.25, -0.2) is 9.50 Å². The molecular formula is C16H12N6O. The lowest BCUT2D eigenvalue weighted by molar-refractivity contribution is 0.684. The zero-order valence-corrected chi connectivity index (χ0v) is 12.3. The molecule has 112 valence electrons. The number of nitrogens with zero attached hydrogens (tertiary/aromatic N) is 5. The summed E-state index contributed by atoms with van der Waals surface area (Å²) in [7, 11) is 0. The third kappa shape index (κ3) is 1.92. The lowest BCUT2D eigenvalue weighted by atomic mass is 10.1. The lowest BCUT2D eigenvalue weighted by Gasteiger charge is -2.04. The minimum Gasteiger partial charge on any atom is -0.295 e. The van der Waals surface area contributed by atoms with Crippen LogP contribution in [0.3, 0.4) is 0 Å². The Kier molecular flexibility index (Phi) is 2.78. The predicted octanol–water partition coefficient (Wildman–Crippen LogP) is 1.93. The summed E-state index contributed by atoms with van der Waals surface area (Å²) in [4.78, 5) is 16.7. The van der Waals surface area contributed by atoms with Crippen molar-refractivity contribution in [3.8, 4) is 17.3 Å². The van der Waals surface area contributed by atoms with E-state index < -0.39 is 0 Å². The van der Waals surface area contributed by atoms with Crippen LogP contribution in [0.2, 0.25) is 0 Å². The Morgan fingerprint density at radius 1 is 1.35 bits per heavy atom. The molecule has 4 aromatic rings. The van der Waals surface area contributed by atoms with Gasteiger partial charge in [0.25, 0.3) is 5.56 Å². The number of H-pyrrole nitrogens is 1. The molecule has 0 atom stereocenters. The SMILES string of the molecule is CCn1ncc2ccc(-c3cc(=O)n4[nH]cc(C#N)c4n3)cc21. The van der Waals surface area contributed by atoms with E-state index in [9.17, 15) is 4.79 Å². The first-order valence-corrected chi connectivity index (χ1v) is 7.18. The van der Waals surface area contributed by atoms with Crippen molar-refractivity contribution in [1.29, 1.82) is 5.26 Å². The molecule has 0 aliphatic heterocycles. The fraction of sp³-hybridized carbons (Fsp3) is 0.125. The molecule has 0 unspecified atom stereocenters. The number of fused-ring (bicyclic) bond motifs is 2. The zero-order chi connectivity index (χ0) is 16.0. The molecule has 0 saturated carbocycles. The average Bonchev–Trinajstić information content (AvgIpc) is 3.17. The molecule has 7 nitrogen and oxygen atoms in total. The maximum absolute atomic E-state index is 12.2. The highest BCUT2D eigenvalue weighted by Gasteiger charge is 2.11. The number of benzene rings is 1. The van der Waals surface area contributed by atoms with E-state index >= 15 is 0 Å². The van der Waals surface area contributed by atoms with Crippen molar-refractivity contribution in [2.24, 2.45) is 0 Å². The minimum absolute atomic E-state index is 0.254. The molecule has 7 heteroatoms. The molecule has 0 fully saturated rings. The fourth-order valence-corrected chi connectivity index (χ4v) is 2.69. The van der Waals surface area contributed by atoms with Crippen LogP contribution in [0.5, 0.6) is 0 Å². The molecule has 0 aliphatic carbocycles. The number of rotatable bonds is 2. The van der Waals surface area contributed by atoms with E-state index in [1.807, 2.05) is 42.1 Å². The predicted molar refractivity (Wildman–Crippen MR) is 84.9 cm³/mol. The van der Waals surface area contributed by atoms with E-state index in [4.69, 9.17) is 5.26 Å². The van der Waals surface area contributed by atoms with Crippen molar-refractivity contribution >= 4 is 16.6 Å². The molecule has 3 aromatic heterocycles. The van der Waals surface area contributed by atoms with E-state index in [-0.39, 0.29) is 5.56 Å². The summed E-state index contributed by atoms with van der Waals surface area (Å²) in [6.07, 6.45) is 3.29. The van der Waals surface area contributed by atoms with Gasteiger partial charge in [-0.2, -0.15) is 10.4 Å². The monoisotopic (exact) mass is 304 g/mol. The van der Waals surface area contributed by atoms with E-state index in [2.05, 4.69) is 15.2 Å². The van der Waals surface area contributed by atoms with Gasteiger partial charge in [0, 0.05) is 29.8 Å². The number of aromatic nitrogens is 5. The van der Waals surface area contributed by atoms with Crippen LogP contribution in [0.15, 0.2) is 41.5 Å². The third-order valence-electron chi connectivity index (χ3n) is 3.86. The summed E-state index contributed by atoms with van der Waals surface area (Å²) in [5.74, 6) is 0. The van der Waals surface area contributed by atoms with Gasteiger partial charge in [0.15, 0.2) is 5.65 Å². The average molecular weight is 304 g/mol. The Morgan fingerprint density at radius 3 is 3.00 bits per heavy atom. The summed E-state index contributed by atoms with van der Waals surface area (Å²) in [6.45, 7) is 2.78. The molecule has 0 saturated heterocycles. The maximum Gasteiger partial charge on any atom is 0.273 e. The number of aryl methyl sites for hydroxylation is 1. The van der Waals surface area contributed by atoms with Crippen molar-refractivity contribution in [3.05, 3.63) is 52.6 Å². The summed E-state index contributed by atoms with van der Waals surface area (Å²) < 4.78 is 3.15. The van der Waals surface area contributed by atoms with Gasteiger partial charge in [-0.1, -0.05) is 12.1 Å². The molecular weight excluding hydrogens is 292 g/mol. The molecule has 4 rings (SSSR count). The molecule has 0 amide bonds. The minimum atomic E-state index is -0.254. The molecule has 0 aliphatic rings. The van der Waals surface area contributed by atoms with Crippen molar-refractivity contribution in [2.75, 3.05) is 0 Å². The van der Waals surface area contributed by atoms with Crippen LogP contribution in [0, 0.1) is 11.3 Å². The second kappa shape index (κ2) is 4.81. The topological polar surface area (TPSA) is 91.8 Å². The van der Waals surface area contributed by atoms with Crippen molar-refractivity contribution in [2.45, 2.75) is 13.5 Å². The summed E-state index contributed by atoms with van der Waals surface area (Å²) in [6, 6.07) is 9.31. The molecule has 3 heterocycles. The first-order chi connectivity index (χ1) is 11.2. The van der Waals surface area contributed by atoms with Gasteiger partial charge in [0.1, 0.15) is 11.6 Å². The van der Waals surface area contributed by atoms with Gasteiger partial charge in [0.2, 0.25) is 0 Å². The summed E-state index contributed by atoms with van der Waals surface area (Å²) in [5.41, 5.74) is 2.76. The second-order valence-corrected chi connectivity index (χ2v) is 5.17. The molecule has 0 radical (unpaired) electrons. The van der Waals surface area contributed by atoms with Crippen LogP contribution < -0.4 is 5.56 Å². The normalized spacial score (nSPS) is 11.1. The van der Waals surface area contributed by atoms with E-state index in [1.54, 1.807) is 0 Å². The second-order valence-electron chi connectivity index (χ2n) is 5.17. The molecule has 23 heavy (non-hydrogen) atoms. The van der Waals surface area contributed by atoms with E-state index in [1.165, 1.54) is 16.8 Å². The quantitative estimate of drug-likeness (QED) is 0.612. The van der Waals surface area contributed by atoms with Crippen LogP contribution in [0.1, 0.15) is 12.5 Å². The van der Waals surface area contributed by atoms with E-state index in [0.717, 1.165) is 23.0 Å². The summed E-state index contributed by atoms with van der Waals surface area (Å²) in [5, 5.41) is 17.2.